The number of phenolic OH excluding ortho intramolecular Hbond substituents is 1. The molecule has 0 unspecified atom stereocenters. The third kappa shape index (κ3) is 3.50. The molecule has 2 aromatic heterocycles. The number of nitrogens with zero attached hydrogens (tertiary/aromatic N) is 3. The Kier molecular flexibility index (Phi) is 4.53. The van der Waals surface area contributed by atoms with Crippen molar-refractivity contribution in [1.82, 2.24) is 20.3 Å². The third-order valence-corrected chi connectivity index (χ3v) is 4.28. The summed E-state index contributed by atoms with van der Waals surface area (Å²) < 4.78 is 42.6. The molecule has 0 aliphatic rings. The lowest BCUT2D eigenvalue weighted by atomic mass is 10.1. The standard InChI is InChI=1S/C18H12F3N5O4/c19-18(20,21)17-23-15(30-26-17)10-3-1-2-8(14(10)27)7-22-9-4-5-12-11(6-9)13(16(28)29)25-24-12/h1-6,22,27H,7H2,(H,24,25)(H,28,29). The van der Waals surface area contributed by atoms with Crippen molar-refractivity contribution in [2.75, 3.05) is 5.32 Å². The second kappa shape index (κ2) is 7.06. The predicted molar refractivity (Wildman–Crippen MR) is 96.8 cm³/mol. The molecule has 0 amide bonds. The van der Waals surface area contributed by atoms with Gasteiger partial charge in [-0.1, -0.05) is 17.3 Å². The molecule has 0 saturated heterocycles. The Balaban J connectivity index is 1.58. The van der Waals surface area contributed by atoms with Gasteiger partial charge in [0.25, 0.3) is 11.7 Å². The van der Waals surface area contributed by atoms with Gasteiger partial charge in [0.2, 0.25) is 0 Å². The maximum absolute atomic E-state index is 12.7. The van der Waals surface area contributed by atoms with E-state index in [1.54, 1.807) is 24.3 Å². The highest BCUT2D eigenvalue weighted by molar-refractivity contribution is 6.01. The van der Waals surface area contributed by atoms with Gasteiger partial charge in [0, 0.05) is 23.2 Å². The number of halogens is 3. The monoisotopic (exact) mass is 419 g/mol. The molecule has 4 aromatic rings. The van der Waals surface area contributed by atoms with Crippen molar-refractivity contribution in [3.05, 3.63) is 53.5 Å². The first-order chi connectivity index (χ1) is 14.2. The fraction of sp³-hybridized carbons (Fsp3) is 0.111. The number of anilines is 1. The number of rotatable bonds is 5. The van der Waals surface area contributed by atoms with Crippen molar-refractivity contribution >= 4 is 22.6 Å². The molecule has 9 nitrogen and oxygen atoms in total. The van der Waals surface area contributed by atoms with Crippen molar-refractivity contribution in [1.29, 1.82) is 0 Å². The number of nitrogens with one attached hydrogen (secondary N) is 2. The van der Waals surface area contributed by atoms with Crippen LogP contribution in [-0.2, 0) is 12.7 Å². The molecule has 0 saturated carbocycles. The molecule has 2 aromatic carbocycles. The number of aromatic hydroxyl groups is 1. The van der Waals surface area contributed by atoms with Crippen molar-refractivity contribution in [2.24, 2.45) is 0 Å². The average molecular weight is 419 g/mol. The van der Waals surface area contributed by atoms with E-state index < -0.39 is 23.9 Å². The second-order valence-electron chi connectivity index (χ2n) is 6.23. The molecule has 4 N–H and O–H groups in total. The summed E-state index contributed by atoms with van der Waals surface area (Å²) in [6.07, 6.45) is -4.77. The first-order valence-electron chi connectivity index (χ1n) is 8.41. The van der Waals surface area contributed by atoms with Crippen LogP contribution in [-0.4, -0.2) is 36.5 Å². The number of carbonyl (C=O) groups is 1. The van der Waals surface area contributed by atoms with E-state index in [-0.39, 0.29) is 23.6 Å². The van der Waals surface area contributed by atoms with Crippen molar-refractivity contribution in [3.8, 4) is 17.2 Å². The third-order valence-electron chi connectivity index (χ3n) is 4.28. The van der Waals surface area contributed by atoms with E-state index in [4.69, 9.17) is 0 Å². The first kappa shape index (κ1) is 19.2. The minimum absolute atomic E-state index is 0.0456. The molecule has 0 atom stereocenters. The topological polar surface area (TPSA) is 137 Å². The largest absolute Gasteiger partial charge is 0.507 e. The van der Waals surface area contributed by atoms with Gasteiger partial charge in [-0.15, -0.1) is 0 Å². The van der Waals surface area contributed by atoms with E-state index in [1.807, 2.05) is 0 Å². The summed E-state index contributed by atoms with van der Waals surface area (Å²) in [5, 5.41) is 32.3. The molecule has 30 heavy (non-hydrogen) atoms. The van der Waals surface area contributed by atoms with E-state index in [0.29, 0.717) is 22.2 Å². The lowest BCUT2D eigenvalue weighted by Crippen LogP contribution is -2.07. The molecule has 0 spiro atoms. The Morgan fingerprint density at radius 2 is 2.03 bits per heavy atom. The summed E-state index contributed by atoms with van der Waals surface area (Å²) in [5.41, 5.74) is 1.27. The fourth-order valence-corrected chi connectivity index (χ4v) is 2.84. The van der Waals surface area contributed by atoms with E-state index >= 15 is 0 Å². The molecule has 0 bridgehead atoms. The Labute approximate surface area is 165 Å². The molecular formula is C18H12F3N5O4. The van der Waals surface area contributed by atoms with E-state index in [1.165, 1.54) is 12.1 Å². The minimum Gasteiger partial charge on any atom is -0.507 e. The van der Waals surface area contributed by atoms with Crippen LogP contribution >= 0.6 is 0 Å². The minimum atomic E-state index is -4.77. The number of para-hydroxylation sites is 1. The van der Waals surface area contributed by atoms with E-state index in [9.17, 15) is 28.2 Å². The van der Waals surface area contributed by atoms with Crippen LogP contribution in [0, 0.1) is 0 Å². The lowest BCUT2D eigenvalue weighted by Gasteiger charge is -2.10. The number of carboxylic acids is 1. The van der Waals surface area contributed by atoms with Gasteiger partial charge in [-0.2, -0.15) is 23.3 Å². The molecule has 12 heteroatoms. The Morgan fingerprint density at radius 1 is 1.23 bits per heavy atom. The summed E-state index contributed by atoms with van der Waals surface area (Å²) in [4.78, 5) is 14.5. The zero-order valence-electron chi connectivity index (χ0n) is 14.9. The smallest absolute Gasteiger partial charge is 0.455 e. The SMILES string of the molecule is O=C(O)c1n[nH]c2ccc(NCc3cccc(-c4nc(C(F)(F)F)no4)c3O)cc12. The number of alkyl halides is 3. The predicted octanol–water partition coefficient (Wildman–Crippen LogP) is 3.65. The van der Waals surface area contributed by atoms with E-state index in [0.717, 1.165) is 0 Å². The van der Waals surface area contributed by atoms with Crippen LogP contribution < -0.4 is 5.32 Å². The van der Waals surface area contributed by atoms with Crippen LogP contribution in [0.5, 0.6) is 5.75 Å². The maximum atomic E-state index is 12.7. The number of phenols is 1. The number of aromatic nitrogens is 4. The molecule has 0 aliphatic heterocycles. The number of fused-ring (bicyclic) bond motifs is 1. The highest BCUT2D eigenvalue weighted by Crippen LogP contribution is 2.34. The average Bonchev–Trinajstić information content (AvgIpc) is 3.34. The number of carboxylic acid groups (broad SMARTS) is 1. The number of hydrogen-bond donors (Lipinski definition) is 4. The van der Waals surface area contributed by atoms with Gasteiger partial charge in [-0.05, 0) is 24.3 Å². The van der Waals surface area contributed by atoms with Crippen molar-refractivity contribution in [3.63, 3.8) is 0 Å². The van der Waals surface area contributed by atoms with Crippen LogP contribution in [0.4, 0.5) is 18.9 Å². The molecule has 0 radical (unpaired) electrons. The summed E-state index contributed by atoms with van der Waals surface area (Å²) in [6.45, 7) is 0.0890. The quantitative estimate of drug-likeness (QED) is 0.385. The van der Waals surface area contributed by atoms with Crippen LogP contribution in [0.1, 0.15) is 21.9 Å². The van der Waals surface area contributed by atoms with Gasteiger partial charge < -0.3 is 20.1 Å². The van der Waals surface area contributed by atoms with Gasteiger partial charge in [0.1, 0.15) is 5.75 Å². The molecule has 154 valence electrons. The van der Waals surface area contributed by atoms with Crippen LogP contribution in [0.15, 0.2) is 40.9 Å². The van der Waals surface area contributed by atoms with Gasteiger partial charge >= 0.3 is 12.1 Å². The Morgan fingerprint density at radius 3 is 2.73 bits per heavy atom. The zero-order valence-corrected chi connectivity index (χ0v) is 14.9. The highest BCUT2D eigenvalue weighted by atomic mass is 19.4. The van der Waals surface area contributed by atoms with Gasteiger partial charge in [-0.3, -0.25) is 5.10 Å². The number of aromatic carboxylic acids is 1. The summed E-state index contributed by atoms with van der Waals surface area (Å²) in [7, 11) is 0. The molecule has 4 rings (SSSR count). The normalized spacial score (nSPS) is 11.7. The fourth-order valence-electron chi connectivity index (χ4n) is 2.84. The Hall–Kier alpha value is -4.09. The maximum Gasteiger partial charge on any atom is 0.455 e. The van der Waals surface area contributed by atoms with Crippen LogP contribution in [0.25, 0.3) is 22.4 Å². The molecule has 0 fully saturated rings. The number of benzene rings is 2. The second-order valence-corrected chi connectivity index (χ2v) is 6.23. The Bertz CT molecular complexity index is 1250. The van der Waals surface area contributed by atoms with Crippen molar-refractivity contribution in [2.45, 2.75) is 12.7 Å². The van der Waals surface area contributed by atoms with E-state index in [2.05, 4.69) is 30.2 Å². The summed E-state index contributed by atoms with van der Waals surface area (Å²) in [6, 6.07) is 9.34. The summed E-state index contributed by atoms with van der Waals surface area (Å²) >= 11 is 0. The lowest BCUT2D eigenvalue weighted by molar-refractivity contribution is -0.146. The number of hydrogen-bond acceptors (Lipinski definition) is 7. The zero-order chi connectivity index (χ0) is 21.5. The van der Waals surface area contributed by atoms with Crippen LogP contribution in [0.3, 0.4) is 0 Å². The first-order valence-corrected chi connectivity index (χ1v) is 8.41. The van der Waals surface area contributed by atoms with Gasteiger partial charge in [-0.25, -0.2) is 4.79 Å². The van der Waals surface area contributed by atoms with Gasteiger partial charge in [0.15, 0.2) is 5.69 Å². The molecule has 2 heterocycles. The highest BCUT2D eigenvalue weighted by Gasteiger charge is 2.37. The summed E-state index contributed by atoms with van der Waals surface area (Å²) in [5.74, 6) is -3.41. The van der Waals surface area contributed by atoms with Crippen molar-refractivity contribution < 1.29 is 32.7 Å². The van der Waals surface area contributed by atoms with Gasteiger partial charge in [0.05, 0.1) is 11.1 Å². The number of aromatic amines is 1. The molecule has 0 aliphatic carbocycles. The number of H-pyrrole nitrogens is 1. The van der Waals surface area contributed by atoms with Crippen LogP contribution in [0.2, 0.25) is 0 Å². The molecular weight excluding hydrogens is 407 g/mol.